The second kappa shape index (κ2) is 9.92. The number of halogens is 2. The number of benzene rings is 2. The molecule has 0 atom stereocenters. The fourth-order valence-electron chi connectivity index (χ4n) is 2.62. The zero-order valence-corrected chi connectivity index (χ0v) is 18.8. The average Bonchev–Trinajstić information content (AvgIpc) is 3.01. The van der Waals surface area contributed by atoms with Gasteiger partial charge in [0.05, 0.1) is 33.3 Å². The smallest absolute Gasteiger partial charge is 0.337 e. The highest BCUT2D eigenvalue weighted by molar-refractivity contribution is 8.18. The number of methoxy groups -OCH3 is 1. The number of thioether (sulfide) groups is 1. The van der Waals surface area contributed by atoms with Crippen molar-refractivity contribution in [3.8, 4) is 18.1 Å². The Morgan fingerprint density at radius 1 is 1.26 bits per heavy atom. The lowest BCUT2D eigenvalue weighted by Crippen LogP contribution is -2.23. The lowest BCUT2D eigenvalue weighted by molar-refractivity contribution is -0.121. The maximum atomic E-state index is 12.7. The van der Waals surface area contributed by atoms with Crippen molar-refractivity contribution in [1.82, 2.24) is 4.90 Å². The van der Waals surface area contributed by atoms with Crippen LogP contribution in [0.4, 0.5) is 5.69 Å². The molecule has 0 saturated carbocycles. The number of terminal acetylenes is 1. The molecule has 1 heterocycles. The maximum Gasteiger partial charge on any atom is 0.337 e. The summed E-state index contributed by atoms with van der Waals surface area (Å²) >= 11 is 13.7. The number of likely N-dealkylation sites (N-methyl/N-ethyl adjacent to an activating group) is 1. The van der Waals surface area contributed by atoms with Gasteiger partial charge < -0.3 is 9.47 Å². The fourth-order valence-corrected chi connectivity index (χ4v) is 4.22. The number of hydrogen-bond donors (Lipinski definition) is 0. The van der Waals surface area contributed by atoms with E-state index in [1.807, 2.05) is 0 Å². The molecular formula is C22H16Cl2N2O4S. The minimum Gasteiger partial charge on any atom is -0.478 e. The highest BCUT2D eigenvalue weighted by atomic mass is 35.5. The predicted molar refractivity (Wildman–Crippen MR) is 124 cm³/mol. The first-order chi connectivity index (χ1) is 14.8. The molecular weight excluding hydrogens is 459 g/mol. The minimum absolute atomic E-state index is 0.0411. The molecule has 0 N–H and O–H groups in total. The van der Waals surface area contributed by atoms with E-state index in [1.165, 1.54) is 23.8 Å². The summed E-state index contributed by atoms with van der Waals surface area (Å²) in [5.41, 5.74) is 1.65. The second-order valence-electron chi connectivity index (χ2n) is 6.21. The molecule has 0 aromatic heterocycles. The summed E-state index contributed by atoms with van der Waals surface area (Å²) in [4.78, 5) is 30.6. The highest BCUT2D eigenvalue weighted by Crippen LogP contribution is 2.37. The standard InChI is InChI=1S/C22H16Cl2N2O4S/c1-4-9-30-19-16(23)10-13(11-17(19)24)12-18-20(27)26(2)22(31-18)25-15-7-5-14(6-8-15)21(28)29-3/h1,5-8,10-12H,9H2,2-3H3/b18-12-,25-22?. The van der Waals surface area contributed by atoms with E-state index in [0.717, 1.165) is 0 Å². The Labute approximate surface area is 193 Å². The van der Waals surface area contributed by atoms with Crippen molar-refractivity contribution in [3.63, 3.8) is 0 Å². The Kier molecular flexibility index (Phi) is 7.29. The van der Waals surface area contributed by atoms with Crippen LogP contribution in [0.3, 0.4) is 0 Å². The first-order valence-corrected chi connectivity index (χ1v) is 10.4. The number of nitrogens with zero attached hydrogens (tertiary/aromatic N) is 2. The molecule has 158 valence electrons. The van der Waals surface area contributed by atoms with E-state index in [0.29, 0.717) is 32.6 Å². The lowest BCUT2D eigenvalue weighted by Gasteiger charge is -2.08. The van der Waals surface area contributed by atoms with Gasteiger partial charge in [-0.25, -0.2) is 9.79 Å². The Balaban J connectivity index is 1.84. The van der Waals surface area contributed by atoms with Crippen molar-refractivity contribution in [3.05, 3.63) is 62.5 Å². The van der Waals surface area contributed by atoms with Gasteiger partial charge in [0.25, 0.3) is 5.91 Å². The van der Waals surface area contributed by atoms with Crippen molar-refractivity contribution >= 4 is 63.8 Å². The van der Waals surface area contributed by atoms with Crippen LogP contribution in [-0.2, 0) is 9.53 Å². The van der Waals surface area contributed by atoms with Gasteiger partial charge in [-0.1, -0.05) is 29.1 Å². The zero-order valence-electron chi connectivity index (χ0n) is 16.5. The molecule has 0 aliphatic carbocycles. The number of hydrogen-bond acceptors (Lipinski definition) is 6. The maximum absolute atomic E-state index is 12.7. The first-order valence-electron chi connectivity index (χ1n) is 8.84. The molecule has 2 aromatic carbocycles. The number of rotatable bonds is 5. The molecule has 0 radical (unpaired) electrons. The first kappa shape index (κ1) is 22.8. The molecule has 0 bridgehead atoms. The van der Waals surface area contributed by atoms with Crippen molar-refractivity contribution < 1.29 is 19.1 Å². The Morgan fingerprint density at radius 2 is 1.90 bits per heavy atom. The van der Waals surface area contributed by atoms with Crippen LogP contribution in [-0.4, -0.2) is 42.7 Å². The van der Waals surface area contributed by atoms with Gasteiger partial charge in [-0.2, -0.15) is 0 Å². The number of carbonyl (C=O) groups is 2. The molecule has 9 heteroatoms. The van der Waals surface area contributed by atoms with Crippen LogP contribution in [0.25, 0.3) is 6.08 Å². The molecule has 6 nitrogen and oxygen atoms in total. The molecule has 1 aliphatic rings. The van der Waals surface area contributed by atoms with E-state index in [-0.39, 0.29) is 22.6 Å². The number of amidine groups is 1. The second-order valence-corrected chi connectivity index (χ2v) is 8.04. The Bertz CT molecular complexity index is 1110. The number of esters is 1. The van der Waals surface area contributed by atoms with Crippen LogP contribution in [0.5, 0.6) is 5.75 Å². The third-order valence-corrected chi connectivity index (χ3v) is 5.76. The van der Waals surface area contributed by atoms with Gasteiger partial charge in [-0.15, -0.1) is 6.42 Å². The van der Waals surface area contributed by atoms with Crippen LogP contribution in [0.15, 0.2) is 46.3 Å². The predicted octanol–water partition coefficient (Wildman–Crippen LogP) is 5.03. The highest BCUT2D eigenvalue weighted by Gasteiger charge is 2.30. The van der Waals surface area contributed by atoms with Gasteiger partial charge in [0.2, 0.25) is 0 Å². The zero-order chi connectivity index (χ0) is 22.5. The Hall–Kier alpha value is -2.92. The molecule has 1 saturated heterocycles. The summed E-state index contributed by atoms with van der Waals surface area (Å²) in [5, 5.41) is 1.07. The Morgan fingerprint density at radius 3 is 2.48 bits per heavy atom. The molecule has 2 aromatic rings. The lowest BCUT2D eigenvalue weighted by atomic mass is 10.2. The quantitative estimate of drug-likeness (QED) is 0.345. The minimum atomic E-state index is -0.431. The molecule has 1 aliphatic heterocycles. The average molecular weight is 475 g/mol. The number of aliphatic imine (C=N–C) groups is 1. The molecule has 1 fully saturated rings. The topological polar surface area (TPSA) is 68.2 Å². The van der Waals surface area contributed by atoms with E-state index in [2.05, 4.69) is 15.6 Å². The van der Waals surface area contributed by atoms with Crippen LogP contribution >= 0.6 is 35.0 Å². The summed E-state index contributed by atoms with van der Waals surface area (Å²) in [6, 6.07) is 9.85. The molecule has 31 heavy (non-hydrogen) atoms. The van der Waals surface area contributed by atoms with Crippen molar-refractivity contribution in [2.75, 3.05) is 20.8 Å². The van der Waals surface area contributed by atoms with Gasteiger partial charge in [-0.05, 0) is 59.8 Å². The number of amides is 1. The normalized spacial score (nSPS) is 16.0. The van der Waals surface area contributed by atoms with E-state index in [1.54, 1.807) is 49.5 Å². The fraction of sp³-hybridized carbons (Fsp3) is 0.136. The van der Waals surface area contributed by atoms with Gasteiger partial charge in [0.1, 0.15) is 6.61 Å². The largest absolute Gasteiger partial charge is 0.478 e. The van der Waals surface area contributed by atoms with E-state index in [9.17, 15) is 9.59 Å². The summed E-state index contributed by atoms with van der Waals surface area (Å²) in [7, 11) is 2.95. The summed E-state index contributed by atoms with van der Waals surface area (Å²) in [6.07, 6.45) is 6.87. The summed E-state index contributed by atoms with van der Waals surface area (Å²) in [6.45, 7) is 0.0411. The van der Waals surface area contributed by atoms with Crippen molar-refractivity contribution in [1.29, 1.82) is 0 Å². The molecule has 0 spiro atoms. The number of carbonyl (C=O) groups excluding carboxylic acids is 2. The molecule has 1 amide bonds. The van der Waals surface area contributed by atoms with Crippen LogP contribution < -0.4 is 4.74 Å². The van der Waals surface area contributed by atoms with Gasteiger partial charge >= 0.3 is 5.97 Å². The third kappa shape index (κ3) is 5.23. The van der Waals surface area contributed by atoms with Gasteiger partial charge in [0.15, 0.2) is 10.9 Å². The van der Waals surface area contributed by atoms with Crippen LogP contribution in [0.1, 0.15) is 15.9 Å². The molecule has 0 unspecified atom stereocenters. The van der Waals surface area contributed by atoms with Crippen LogP contribution in [0.2, 0.25) is 10.0 Å². The van der Waals surface area contributed by atoms with E-state index >= 15 is 0 Å². The van der Waals surface area contributed by atoms with Gasteiger partial charge in [-0.3, -0.25) is 9.69 Å². The monoisotopic (exact) mass is 474 g/mol. The van der Waals surface area contributed by atoms with E-state index < -0.39 is 5.97 Å². The summed E-state index contributed by atoms with van der Waals surface area (Å²) in [5.74, 6) is 2.00. The van der Waals surface area contributed by atoms with Crippen LogP contribution in [0, 0.1) is 12.3 Å². The molecule has 3 rings (SSSR count). The van der Waals surface area contributed by atoms with E-state index in [4.69, 9.17) is 34.4 Å². The summed E-state index contributed by atoms with van der Waals surface area (Å²) < 4.78 is 10.0. The van der Waals surface area contributed by atoms with Crippen molar-refractivity contribution in [2.24, 2.45) is 4.99 Å². The number of ether oxygens (including phenoxy) is 2. The third-order valence-electron chi connectivity index (χ3n) is 4.13. The van der Waals surface area contributed by atoms with Gasteiger partial charge in [0, 0.05) is 7.05 Å². The SMILES string of the molecule is C#CCOc1c(Cl)cc(/C=C2\SC(=Nc3ccc(C(=O)OC)cc3)N(C)C2=O)cc1Cl. The van der Waals surface area contributed by atoms with Crippen molar-refractivity contribution in [2.45, 2.75) is 0 Å².